The largest absolute Gasteiger partial charge is 0.348 e. The van der Waals surface area contributed by atoms with Gasteiger partial charge in [0.1, 0.15) is 0 Å². The molecule has 0 radical (unpaired) electrons. The van der Waals surface area contributed by atoms with Gasteiger partial charge >= 0.3 is 0 Å². The van der Waals surface area contributed by atoms with Crippen LogP contribution in [0.3, 0.4) is 0 Å². The summed E-state index contributed by atoms with van der Waals surface area (Å²) in [6.45, 7) is 1.98. The summed E-state index contributed by atoms with van der Waals surface area (Å²) in [7, 11) is 0. The van der Waals surface area contributed by atoms with Crippen LogP contribution in [-0.2, 0) is 0 Å². The first-order chi connectivity index (χ1) is 8.58. The molecule has 0 bridgehead atoms. The third-order valence-electron chi connectivity index (χ3n) is 3.36. The quantitative estimate of drug-likeness (QED) is 0.815. The van der Waals surface area contributed by atoms with E-state index in [0.717, 1.165) is 35.7 Å². The van der Waals surface area contributed by atoms with E-state index in [1.165, 1.54) is 0 Å². The van der Waals surface area contributed by atoms with E-state index < -0.39 is 0 Å². The molecule has 2 atom stereocenters. The Balaban J connectivity index is 2.09. The maximum atomic E-state index is 12.2. The van der Waals surface area contributed by atoms with Crippen molar-refractivity contribution in [3.8, 4) is 0 Å². The molecule has 1 aromatic rings. The van der Waals surface area contributed by atoms with Crippen molar-refractivity contribution in [1.82, 2.24) is 5.32 Å². The molecule has 0 saturated heterocycles. The average Bonchev–Trinajstić information content (AvgIpc) is 2.35. The zero-order valence-corrected chi connectivity index (χ0v) is 12.7. The molecule has 0 aliphatic heterocycles. The van der Waals surface area contributed by atoms with E-state index in [1.54, 1.807) is 0 Å². The van der Waals surface area contributed by atoms with Crippen LogP contribution in [0.1, 0.15) is 41.6 Å². The number of aryl methyl sites for hydroxylation is 1. The topological polar surface area (TPSA) is 29.1 Å². The number of carbonyl (C=O) groups is 1. The first-order valence-corrected chi connectivity index (χ1v) is 7.52. The van der Waals surface area contributed by atoms with Gasteiger partial charge in [-0.1, -0.05) is 24.5 Å². The van der Waals surface area contributed by atoms with E-state index in [9.17, 15) is 4.79 Å². The van der Waals surface area contributed by atoms with Crippen molar-refractivity contribution in [3.63, 3.8) is 0 Å². The summed E-state index contributed by atoms with van der Waals surface area (Å²) in [6.07, 6.45) is 4.27. The highest BCUT2D eigenvalue weighted by Crippen LogP contribution is 2.24. The van der Waals surface area contributed by atoms with Gasteiger partial charge < -0.3 is 5.32 Å². The molecule has 18 heavy (non-hydrogen) atoms. The van der Waals surface area contributed by atoms with Gasteiger partial charge in [-0.15, -0.1) is 11.6 Å². The molecule has 2 nitrogen and oxygen atoms in total. The second-order valence-electron chi connectivity index (χ2n) is 4.86. The summed E-state index contributed by atoms with van der Waals surface area (Å²) in [5.41, 5.74) is 1.76. The Morgan fingerprint density at radius 1 is 1.39 bits per heavy atom. The SMILES string of the molecule is Cc1ccc(Br)c(C(=O)NC2CCCCC2Cl)c1. The number of benzene rings is 1. The average molecular weight is 331 g/mol. The lowest BCUT2D eigenvalue weighted by molar-refractivity contribution is 0.0928. The van der Waals surface area contributed by atoms with Gasteiger partial charge in [-0.2, -0.15) is 0 Å². The van der Waals surface area contributed by atoms with Crippen molar-refractivity contribution in [2.75, 3.05) is 0 Å². The molecule has 1 amide bonds. The Kier molecular flexibility index (Phi) is 4.68. The molecule has 1 aromatic carbocycles. The fraction of sp³-hybridized carbons (Fsp3) is 0.500. The molecule has 1 fully saturated rings. The Bertz CT molecular complexity index is 449. The van der Waals surface area contributed by atoms with Crippen LogP contribution in [0, 0.1) is 6.92 Å². The third-order valence-corrected chi connectivity index (χ3v) is 4.58. The molecule has 1 N–H and O–H groups in total. The van der Waals surface area contributed by atoms with E-state index in [-0.39, 0.29) is 17.3 Å². The minimum atomic E-state index is -0.0388. The lowest BCUT2D eigenvalue weighted by Gasteiger charge is -2.28. The van der Waals surface area contributed by atoms with Crippen molar-refractivity contribution >= 4 is 33.4 Å². The van der Waals surface area contributed by atoms with Crippen molar-refractivity contribution in [2.45, 2.75) is 44.0 Å². The summed E-state index contributed by atoms with van der Waals surface area (Å²) in [6, 6.07) is 5.88. The normalized spacial score (nSPS) is 23.7. The predicted molar refractivity (Wildman–Crippen MR) is 78.2 cm³/mol. The van der Waals surface area contributed by atoms with Crippen molar-refractivity contribution in [2.24, 2.45) is 0 Å². The second kappa shape index (κ2) is 6.07. The number of halogens is 2. The minimum Gasteiger partial charge on any atom is -0.348 e. The highest BCUT2D eigenvalue weighted by molar-refractivity contribution is 9.10. The van der Waals surface area contributed by atoms with E-state index >= 15 is 0 Å². The van der Waals surface area contributed by atoms with Gasteiger partial charge in [-0.05, 0) is 47.8 Å². The fourth-order valence-corrected chi connectivity index (χ4v) is 3.08. The van der Waals surface area contributed by atoms with Crippen molar-refractivity contribution in [1.29, 1.82) is 0 Å². The van der Waals surface area contributed by atoms with Crippen LogP contribution >= 0.6 is 27.5 Å². The monoisotopic (exact) mass is 329 g/mol. The Morgan fingerprint density at radius 2 is 2.11 bits per heavy atom. The maximum Gasteiger partial charge on any atom is 0.252 e. The van der Waals surface area contributed by atoms with Crippen LogP contribution < -0.4 is 5.32 Å². The minimum absolute atomic E-state index is 0.0388. The first kappa shape index (κ1) is 13.9. The van der Waals surface area contributed by atoms with Crippen LogP contribution in [0.25, 0.3) is 0 Å². The van der Waals surface area contributed by atoms with E-state index in [2.05, 4.69) is 21.2 Å². The smallest absolute Gasteiger partial charge is 0.252 e. The number of alkyl halides is 1. The van der Waals surface area contributed by atoms with Gasteiger partial charge in [0.2, 0.25) is 0 Å². The number of nitrogens with one attached hydrogen (secondary N) is 1. The highest BCUT2D eigenvalue weighted by atomic mass is 79.9. The van der Waals surface area contributed by atoms with E-state index in [4.69, 9.17) is 11.6 Å². The molecule has 4 heteroatoms. The summed E-state index contributed by atoms with van der Waals surface area (Å²) >= 11 is 9.68. The molecule has 1 aliphatic rings. The number of hydrogen-bond acceptors (Lipinski definition) is 1. The Morgan fingerprint density at radius 3 is 2.83 bits per heavy atom. The van der Waals surface area contributed by atoms with Gasteiger partial charge in [-0.25, -0.2) is 0 Å². The van der Waals surface area contributed by atoms with Crippen LogP contribution in [0.15, 0.2) is 22.7 Å². The lowest BCUT2D eigenvalue weighted by Crippen LogP contribution is -2.42. The Labute approximate surface area is 121 Å². The van der Waals surface area contributed by atoms with Crippen LogP contribution in [0.5, 0.6) is 0 Å². The third kappa shape index (κ3) is 3.27. The summed E-state index contributed by atoms with van der Waals surface area (Å²) in [5, 5.41) is 3.11. The maximum absolute atomic E-state index is 12.2. The zero-order chi connectivity index (χ0) is 13.1. The summed E-state index contributed by atoms with van der Waals surface area (Å²) < 4.78 is 0.826. The molecule has 1 saturated carbocycles. The van der Waals surface area contributed by atoms with Gasteiger partial charge in [0, 0.05) is 10.5 Å². The van der Waals surface area contributed by atoms with Gasteiger partial charge in [0.15, 0.2) is 0 Å². The van der Waals surface area contributed by atoms with Gasteiger partial charge in [0.05, 0.1) is 10.9 Å². The molecule has 98 valence electrons. The number of carbonyl (C=O) groups excluding carboxylic acids is 1. The van der Waals surface area contributed by atoms with Gasteiger partial charge in [-0.3, -0.25) is 4.79 Å². The Hall–Kier alpha value is -0.540. The molecular weight excluding hydrogens is 314 g/mol. The second-order valence-corrected chi connectivity index (χ2v) is 6.28. The number of hydrogen-bond donors (Lipinski definition) is 1. The molecule has 0 aromatic heterocycles. The molecule has 0 spiro atoms. The van der Waals surface area contributed by atoms with Gasteiger partial charge in [0.25, 0.3) is 5.91 Å². The molecular formula is C14H17BrClNO. The molecule has 2 rings (SSSR count). The van der Waals surface area contributed by atoms with Crippen LogP contribution in [0.4, 0.5) is 0 Å². The van der Waals surface area contributed by atoms with E-state index in [0.29, 0.717) is 5.56 Å². The van der Waals surface area contributed by atoms with Crippen LogP contribution in [-0.4, -0.2) is 17.3 Å². The molecule has 1 aliphatic carbocycles. The standard InChI is InChI=1S/C14H17BrClNO/c1-9-6-7-11(15)10(8-9)14(18)17-13-5-3-2-4-12(13)16/h6-8,12-13H,2-5H2,1H3,(H,17,18). The van der Waals surface area contributed by atoms with E-state index in [1.807, 2.05) is 25.1 Å². The van der Waals surface area contributed by atoms with Crippen molar-refractivity contribution < 1.29 is 4.79 Å². The van der Waals surface area contributed by atoms with Crippen LogP contribution in [0.2, 0.25) is 0 Å². The zero-order valence-electron chi connectivity index (χ0n) is 10.4. The van der Waals surface area contributed by atoms with Crippen molar-refractivity contribution in [3.05, 3.63) is 33.8 Å². The number of rotatable bonds is 2. The lowest BCUT2D eigenvalue weighted by atomic mass is 9.94. The number of amides is 1. The highest BCUT2D eigenvalue weighted by Gasteiger charge is 2.25. The fourth-order valence-electron chi connectivity index (χ4n) is 2.31. The summed E-state index contributed by atoms with van der Waals surface area (Å²) in [4.78, 5) is 12.2. The molecule has 2 unspecified atom stereocenters. The molecule has 0 heterocycles. The predicted octanol–water partition coefficient (Wildman–Crippen LogP) is 4.04. The summed E-state index contributed by atoms with van der Waals surface area (Å²) in [5.74, 6) is -0.0388. The first-order valence-electron chi connectivity index (χ1n) is 6.29.